The molecule has 0 heterocycles. The third-order valence-corrected chi connectivity index (χ3v) is 6.23. The molecule has 1 N–H and O–H groups in total. The zero-order valence-electron chi connectivity index (χ0n) is 17.2. The van der Waals surface area contributed by atoms with Crippen LogP contribution in [0.15, 0.2) is 41.3 Å². The van der Waals surface area contributed by atoms with Gasteiger partial charge in [0.05, 0.1) is 44.9 Å². The zero-order valence-corrected chi connectivity index (χ0v) is 18.0. The predicted molar refractivity (Wildman–Crippen MR) is 109 cm³/mol. The van der Waals surface area contributed by atoms with Crippen molar-refractivity contribution in [2.24, 2.45) is 0 Å². The highest BCUT2D eigenvalue weighted by molar-refractivity contribution is 7.89. The minimum absolute atomic E-state index is 0.0949. The number of carbonyl (C=O) groups is 1. The highest BCUT2D eigenvalue weighted by Gasteiger charge is 2.24. The standard InChI is InChI=1S/C20H26N2O6S/c1-14-11-15(9-10-17(14)26-3)29(24,25)22(2)13-20(23)21-12-16-18(27-4)7-6-8-19(16)28-5/h6-11H,12-13H2,1-5H3,(H,21,23). The summed E-state index contributed by atoms with van der Waals surface area (Å²) in [6, 6.07) is 9.85. The van der Waals surface area contributed by atoms with Gasteiger partial charge in [0.2, 0.25) is 15.9 Å². The average molecular weight is 423 g/mol. The van der Waals surface area contributed by atoms with Crippen LogP contribution in [0.2, 0.25) is 0 Å². The van der Waals surface area contributed by atoms with Crippen LogP contribution in [-0.4, -0.2) is 53.6 Å². The van der Waals surface area contributed by atoms with Crippen molar-refractivity contribution in [2.45, 2.75) is 18.4 Å². The Hall–Kier alpha value is -2.78. The Bertz CT molecular complexity index is 953. The Kier molecular flexibility index (Phi) is 7.46. The Labute approximate surface area is 171 Å². The summed E-state index contributed by atoms with van der Waals surface area (Å²) in [6.45, 7) is 1.57. The van der Waals surface area contributed by atoms with E-state index in [1.165, 1.54) is 40.5 Å². The number of nitrogens with zero attached hydrogens (tertiary/aromatic N) is 1. The van der Waals surface area contributed by atoms with Crippen LogP contribution in [0.3, 0.4) is 0 Å². The van der Waals surface area contributed by atoms with Gasteiger partial charge in [0.15, 0.2) is 0 Å². The summed E-state index contributed by atoms with van der Waals surface area (Å²) < 4.78 is 42.3. The summed E-state index contributed by atoms with van der Waals surface area (Å²) in [5, 5.41) is 2.71. The number of nitrogens with one attached hydrogen (secondary N) is 1. The topological polar surface area (TPSA) is 94.2 Å². The molecule has 0 saturated carbocycles. The third kappa shape index (κ3) is 5.18. The molecule has 0 aromatic heterocycles. The van der Waals surface area contributed by atoms with E-state index in [1.807, 2.05) is 0 Å². The summed E-state index contributed by atoms with van der Waals surface area (Å²) >= 11 is 0. The molecule has 0 saturated heterocycles. The predicted octanol–water partition coefficient (Wildman–Crippen LogP) is 1.96. The summed E-state index contributed by atoms with van der Waals surface area (Å²) in [7, 11) is 2.10. The fraction of sp³-hybridized carbons (Fsp3) is 0.350. The Balaban J connectivity index is 2.08. The summed E-state index contributed by atoms with van der Waals surface area (Å²) in [6.07, 6.45) is 0. The maximum atomic E-state index is 12.8. The minimum atomic E-state index is -3.82. The van der Waals surface area contributed by atoms with E-state index >= 15 is 0 Å². The molecule has 0 aliphatic carbocycles. The molecule has 2 rings (SSSR count). The van der Waals surface area contributed by atoms with Gasteiger partial charge >= 0.3 is 0 Å². The lowest BCUT2D eigenvalue weighted by Crippen LogP contribution is -2.38. The van der Waals surface area contributed by atoms with Crippen molar-refractivity contribution in [3.05, 3.63) is 47.5 Å². The lowest BCUT2D eigenvalue weighted by atomic mass is 10.1. The molecule has 0 spiro atoms. The first kappa shape index (κ1) is 22.5. The number of likely N-dealkylation sites (N-methyl/N-ethyl adjacent to an activating group) is 1. The maximum Gasteiger partial charge on any atom is 0.243 e. The van der Waals surface area contributed by atoms with E-state index < -0.39 is 15.9 Å². The van der Waals surface area contributed by atoms with Gasteiger partial charge < -0.3 is 19.5 Å². The first-order chi connectivity index (χ1) is 13.7. The van der Waals surface area contributed by atoms with Crippen molar-refractivity contribution in [1.82, 2.24) is 9.62 Å². The molecule has 0 atom stereocenters. The van der Waals surface area contributed by atoms with Crippen LogP contribution in [0.4, 0.5) is 0 Å². The van der Waals surface area contributed by atoms with Gasteiger partial charge in [-0.05, 0) is 42.8 Å². The summed E-state index contributed by atoms with van der Waals surface area (Å²) in [5.74, 6) is 1.28. The number of ether oxygens (including phenoxy) is 3. The van der Waals surface area contributed by atoms with E-state index in [0.717, 1.165) is 4.31 Å². The summed E-state index contributed by atoms with van der Waals surface area (Å²) in [4.78, 5) is 12.4. The Morgan fingerprint density at radius 2 is 1.59 bits per heavy atom. The van der Waals surface area contributed by atoms with Crippen LogP contribution in [0, 0.1) is 6.92 Å². The second-order valence-electron chi connectivity index (χ2n) is 6.31. The normalized spacial score (nSPS) is 11.2. The maximum absolute atomic E-state index is 12.8. The number of carbonyl (C=O) groups excluding carboxylic acids is 1. The molecule has 8 nitrogen and oxygen atoms in total. The molecule has 29 heavy (non-hydrogen) atoms. The molecule has 158 valence electrons. The Morgan fingerprint density at radius 1 is 1.00 bits per heavy atom. The van der Waals surface area contributed by atoms with Gasteiger partial charge in [-0.25, -0.2) is 8.42 Å². The average Bonchev–Trinajstić information content (AvgIpc) is 2.71. The van der Waals surface area contributed by atoms with Gasteiger partial charge in [-0.1, -0.05) is 6.07 Å². The van der Waals surface area contributed by atoms with Crippen molar-refractivity contribution >= 4 is 15.9 Å². The minimum Gasteiger partial charge on any atom is -0.496 e. The second kappa shape index (κ2) is 9.62. The fourth-order valence-corrected chi connectivity index (χ4v) is 4.04. The van der Waals surface area contributed by atoms with Crippen molar-refractivity contribution in [3.63, 3.8) is 0 Å². The van der Waals surface area contributed by atoms with Gasteiger partial charge in [-0.2, -0.15) is 4.31 Å². The molecular formula is C20H26N2O6S. The lowest BCUT2D eigenvalue weighted by Gasteiger charge is -2.18. The number of rotatable bonds is 9. The SMILES string of the molecule is COc1ccc(S(=O)(=O)N(C)CC(=O)NCc2c(OC)cccc2OC)cc1C. The van der Waals surface area contributed by atoms with Gasteiger partial charge in [0.25, 0.3) is 0 Å². The zero-order chi connectivity index (χ0) is 21.6. The van der Waals surface area contributed by atoms with Crippen molar-refractivity contribution < 1.29 is 27.4 Å². The molecule has 0 unspecified atom stereocenters. The molecular weight excluding hydrogens is 396 g/mol. The van der Waals surface area contributed by atoms with Crippen LogP contribution < -0.4 is 19.5 Å². The first-order valence-electron chi connectivity index (χ1n) is 8.82. The molecule has 0 radical (unpaired) electrons. The number of aryl methyl sites for hydroxylation is 1. The number of benzene rings is 2. The molecule has 1 amide bonds. The van der Waals surface area contributed by atoms with Crippen molar-refractivity contribution in [1.29, 1.82) is 0 Å². The highest BCUT2D eigenvalue weighted by Crippen LogP contribution is 2.28. The largest absolute Gasteiger partial charge is 0.496 e. The molecule has 0 fully saturated rings. The van der Waals surface area contributed by atoms with Crippen LogP contribution >= 0.6 is 0 Å². The third-order valence-electron chi connectivity index (χ3n) is 4.43. The quantitative estimate of drug-likeness (QED) is 0.664. The number of methoxy groups -OCH3 is 3. The molecule has 9 heteroatoms. The second-order valence-corrected chi connectivity index (χ2v) is 8.36. The molecule has 2 aromatic carbocycles. The molecule has 0 aliphatic rings. The van der Waals surface area contributed by atoms with Gasteiger partial charge in [-0.3, -0.25) is 4.79 Å². The number of hydrogen-bond donors (Lipinski definition) is 1. The van der Waals surface area contributed by atoms with E-state index in [0.29, 0.717) is 28.4 Å². The van der Waals surface area contributed by atoms with Crippen molar-refractivity contribution in [3.8, 4) is 17.2 Å². The van der Waals surface area contributed by atoms with E-state index in [4.69, 9.17) is 14.2 Å². The lowest BCUT2D eigenvalue weighted by molar-refractivity contribution is -0.121. The molecule has 0 bridgehead atoms. The number of hydrogen-bond acceptors (Lipinski definition) is 6. The van der Waals surface area contributed by atoms with Crippen molar-refractivity contribution in [2.75, 3.05) is 34.9 Å². The summed E-state index contributed by atoms with van der Waals surface area (Å²) in [5.41, 5.74) is 1.36. The first-order valence-corrected chi connectivity index (χ1v) is 10.3. The smallest absolute Gasteiger partial charge is 0.243 e. The fourth-order valence-electron chi connectivity index (χ4n) is 2.82. The van der Waals surface area contributed by atoms with Crippen LogP contribution in [0.5, 0.6) is 17.2 Å². The molecule has 2 aromatic rings. The van der Waals surface area contributed by atoms with Gasteiger partial charge in [-0.15, -0.1) is 0 Å². The highest BCUT2D eigenvalue weighted by atomic mass is 32.2. The van der Waals surface area contributed by atoms with Gasteiger partial charge in [0.1, 0.15) is 17.2 Å². The molecule has 0 aliphatic heterocycles. The van der Waals surface area contributed by atoms with E-state index in [-0.39, 0.29) is 18.0 Å². The van der Waals surface area contributed by atoms with Crippen LogP contribution in [0.1, 0.15) is 11.1 Å². The number of amides is 1. The van der Waals surface area contributed by atoms with E-state index in [1.54, 1.807) is 31.2 Å². The monoisotopic (exact) mass is 422 g/mol. The van der Waals surface area contributed by atoms with Crippen LogP contribution in [-0.2, 0) is 21.4 Å². The van der Waals surface area contributed by atoms with Gasteiger partial charge in [0, 0.05) is 7.05 Å². The number of sulfonamides is 1. The Morgan fingerprint density at radius 3 is 2.10 bits per heavy atom. The van der Waals surface area contributed by atoms with E-state index in [9.17, 15) is 13.2 Å². The van der Waals surface area contributed by atoms with E-state index in [2.05, 4.69) is 5.32 Å². The van der Waals surface area contributed by atoms with Crippen LogP contribution in [0.25, 0.3) is 0 Å².